The second kappa shape index (κ2) is 10.6. The van der Waals surface area contributed by atoms with Gasteiger partial charge in [-0.2, -0.15) is 8.42 Å². The SMILES string of the molecule is CC(C)(C)c1ccc(-c2ccc(C(C)(C)C)cc2)cc1.COOS(=O)(=O)c1ccc(C)cc1. The highest BCUT2D eigenvalue weighted by Crippen LogP contribution is 2.28. The Morgan fingerprint density at radius 1 is 0.606 bits per heavy atom. The van der Waals surface area contributed by atoms with E-state index in [-0.39, 0.29) is 15.7 Å². The Kier molecular flexibility index (Phi) is 8.63. The first-order chi connectivity index (χ1) is 15.2. The van der Waals surface area contributed by atoms with Crippen LogP contribution in [0.3, 0.4) is 0 Å². The van der Waals surface area contributed by atoms with Gasteiger partial charge in [-0.3, -0.25) is 0 Å². The van der Waals surface area contributed by atoms with Crippen molar-refractivity contribution in [2.24, 2.45) is 0 Å². The maximum absolute atomic E-state index is 11.2. The summed E-state index contributed by atoms with van der Waals surface area (Å²) >= 11 is 0. The lowest BCUT2D eigenvalue weighted by Crippen LogP contribution is -2.10. The smallest absolute Gasteiger partial charge is 0.223 e. The third kappa shape index (κ3) is 7.81. The maximum Gasteiger partial charge on any atom is 0.323 e. The topological polar surface area (TPSA) is 52.6 Å². The van der Waals surface area contributed by atoms with Gasteiger partial charge in [0.2, 0.25) is 0 Å². The molecule has 0 aliphatic carbocycles. The average molecular weight is 469 g/mol. The molecular formula is C28H36O4S. The monoisotopic (exact) mass is 468 g/mol. The van der Waals surface area contributed by atoms with Crippen LogP contribution in [0.2, 0.25) is 0 Å². The fourth-order valence-electron chi connectivity index (χ4n) is 3.16. The first kappa shape index (κ1) is 26.8. The molecule has 3 aromatic carbocycles. The fraction of sp³-hybridized carbons (Fsp3) is 0.357. The van der Waals surface area contributed by atoms with Crippen molar-refractivity contribution < 1.29 is 17.6 Å². The highest BCUT2D eigenvalue weighted by molar-refractivity contribution is 7.86. The molecule has 0 heterocycles. The second-order valence-electron chi connectivity index (χ2n) is 10.2. The van der Waals surface area contributed by atoms with Crippen molar-refractivity contribution in [2.75, 3.05) is 7.11 Å². The summed E-state index contributed by atoms with van der Waals surface area (Å²) in [5.74, 6) is 0. The molecule has 0 unspecified atom stereocenters. The molecule has 0 aliphatic heterocycles. The van der Waals surface area contributed by atoms with Gasteiger partial charge in [-0.05, 0) is 52.1 Å². The van der Waals surface area contributed by atoms with E-state index in [2.05, 4.69) is 99.3 Å². The molecule has 3 aromatic rings. The zero-order valence-corrected chi connectivity index (χ0v) is 21.8. The van der Waals surface area contributed by atoms with E-state index >= 15 is 0 Å². The second-order valence-corrected chi connectivity index (χ2v) is 11.7. The molecule has 4 nitrogen and oxygen atoms in total. The van der Waals surface area contributed by atoms with Gasteiger partial charge in [0, 0.05) is 0 Å². The van der Waals surface area contributed by atoms with Gasteiger partial charge in [-0.25, -0.2) is 4.89 Å². The Bertz CT molecular complexity index is 1060. The first-order valence-corrected chi connectivity index (χ1v) is 12.4. The standard InChI is InChI=1S/C20H26.C8H10O4S/c1-19(2,3)17-11-7-15(8-12-17)16-9-13-18(14-10-16)20(4,5)6;1-7-3-5-8(6-4-7)13(9,10)12-11-2/h7-14H,1-6H3;3-6H,1-2H3. The van der Waals surface area contributed by atoms with Gasteiger partial charge in [-0.1, -0.05) is 108 Å². The molecular weight excluding hydrogens is 432 g/mol. The van der Waals surface area contributed by atoms with E-state index in [1.165, 1.54) is 34.4 Å². The molecule has 0 amide bonds. The van der Waals surface area contributed by atoms with Gasteiger partial charge < -0.3 is 0 Å². The summed E-state index contributed by atoms with van der Waals surface area (Å²) in [6.07, 6.45) is 0. The molecule has 3 rings (SSSR count). The molecule has 5 heteroatoms. The van der Waals surface area contributed by atoms with Crippen molar-refractivity contribution in [1.29, 1.82) is 0 Å². The Balaban J connectivity index is 0.000000257. The number of rotatable bonds is 4. The van der Waals surface area contributed by atoms with Crippen LogP contribution in [0.15, 0.2) is 77.7 Å². The summed E-state index contributed by atoms with van der Waals surface area (Å²) in [7, 11) is -2.60. The normalized spacial score (nSPS) is 12.1. The van der Waals surface area contributed by atoms with Crippen LogP contribution in [0.1, 0.15) is 58.2 Å². The molecule has 0 bridgehead atoms. The zero-order valence-electron chi connectivity index (χ0n) is 21.0. The summed E-state index contributed by atoms with van der Waals surface area (Å²) in [5, 5.41) is 0. The van der Waals surface area contributed by atoms with Crippen molar-refractivity contribution in [3.63, 3.8) is 0 Å². The molecule has 0 N–H and O–H groups in total. The van der Waals surface area contributed by atoms with Crippen LogP contribution in [0, 0.1) is 6.92 Å². The van der Waals surface area contributed by atoms with Crippen LogP contribution in [0.5, 0.6) is 0 Å². The Hall–Kier alpha value is -2.47. The van der Waals surface area contributed by atoms with Gasteiger partial charge in [0.15, 0.2) is 0 Å². The lowest BCUT2D eigenvalue weighted by Gasteiger charge is -2.20. The Morgan fingerprint density at radius 2 is 0.970 bits per heavy atom. The van der Waals surface area contributed by atoms with Crippen molar-refractivity contribution in [2.45, 2.75) is 64.2 Å². The minimum atomic E-state index is -3.75. The molecule has 0 atom stereocenters. The highest BCUT2D eigenvalue weighted by atomic mass is 32.2. The van der Waals surface area contributed by atoms with E-state index < -0.39 is 10.1 Å². The van der Waals surface area contributed by atoms with Gasteiger partial charge in [0.1, 0.15) is 0 Å². The molecule has 0 saturated heterocycles. The molecule has 0 spiro atoms. The summed E-state index contributed by atoms with van der Waals surface area (Å²) in [5.41, 5.74) is 6.76. The average Bonchev–Trinajstić information content (AvgIpc) is 2.73. The lowest BCUT2D eigenvalue weighted by molar-refractivity contribution is -0.172. The molecule has 0 aromatic heterocycles. The molecule has 178 valence electrons. The summed E-state index contributed by atoms with van der Waals surface area (Å²) in [4.78, 5) is 4.19. The van der Waals surface area contributed by atoms with E-state index in [1.807, 2.05) is 6.92 Å². The summed E-state index contributed by atoms with van der Waals surface area (Å²) < 4.78 is 26.5. The molecule has 33 heavy (non-hydrogen) atoms. The number of benzene rings is 3. The minimum Gasteiger partial charge on any atom is -0.223 e. The van der Waals surface area contributed by atoms with Gasteiger partial charge >= 0.3 is 10.1 Å². The van der Waals surface area contributed by atoms with Crippen LogP contribution in [0.4, 0.5) is 0 Å². The van der Waals surface area contributed by atoms with Gasteiger partial charge in [0.05, 0.1) is 12.0 Å². The van der Waals surface area contributed by atoms with Crippen LogP contribution in [-0.2, 0) is 30.2 Å². The highest BCUT2D eigenvalue weighted by Gasteiger charge is 2.15. The minimum absolute atomic E-state index is 0.0833. The number of aryl methyl sites for hydroxylation is 1. The van der Waals surface area contributed by atoms with Crippen LogP contribution >= 0.6 is 0 Å². The lowest BCUT2D eigenvalue weighted by atomic mass is 9.85. The van der Waals surface area contributed by atoms with Crippen molar-refractivity contribution in [3.8, 4) is 11.1 Å². The van der Waals surface area contributed by atoms with E-state index in [9.17, 15) is 8.42 Å². The van der Waals surface area contributed by atoms with Crippen molar-refractivity contribution in [3.05, 3.63) is 89.5 Å². The van der Waals surface area contributed by atoms with Crippen molar-refractivity contribution >= 4 is 10.1 Å². The Labute approximate surface area is 199 Å². The summed E-state index contributed by atoms with van der Waals surface area (Å²) in [6, 6.07) is 24.2. The van der Waals surface area contributed by atoms with Crippen LogP contribution < -0.4 is 0 Å². The van der Waals surface area contributed by atoms with E-state index in [0.29, 0.717) is 0 Å². The number of hydrogen-bond acceptors (Lipinski definition) is 4. The maximum atomic E-state index is 11.2. The molecule has 0 aliphatic rings. The third-order valence-corrected chi connectivity index (χ3v) is 6.47. The van der Waals surface area contributed by atoms with Crippen molar-refractivity contribution in [1.82, 2.24) is 0 Å². The third-order valence-electron chi connectivity index (χ3n) is 5.30. The quantitative estimate of drug-likeness (QED) is 0.300. The predicted octanol–water partition coefficient (Wildman–Crippen LogP) is 7.21. The zero-order chi connectivity index (χ0) is 24.9. The first-order valence-electron chi connectivity index (χ1n) is 11.0. The van der Waals surface area contributed by atoms with Crippen LogP contribution in [0.25, 0.3) is 11.1 Å². The van der Waals surface area contributed by atoms with E-state index in [0.717, 1.165) is 12.7 Å². The van der Waals surface area contributed by atoms with Gasteiger partial charge in [-0.15, -0.1) is 4.33 Å². The van der Waals surface area contributed by atoms with E-state index in [4.69, 9.17) is 0 Å². The Morgan fingerprint density at radius 3 is 1.27 bits per heavy atom. The van der Waals surface area contributed by atoms with Gasteiger partial charge in [0.25, 0.3) is 0 Å². The predicted molar refractivity (Wildman–Crippen MR) is 136 cm³/mol. The van der Waals surface area contributed by atoms with Crippen LogP contribution in [-0.4, -0.2) is 15.5 Å². The summed E-state index contributed by atoms with van der Waals surface area (Å²) in [6.45, 7) is 15.4. The molecule has 0 saturated carbocycles. The largest absolute Gasteiger partial charge is 0.323 e. The molecule has 0 radical (unpaired) electrons. The van der Waals surface area contributed by atoms with E-state index in [1.54, 1.807) is 12.1 Å². The molecule has 0 fully saturated rings. The fourth-order valence-corrected chi connectivity index (χ4v) is 3.89. The number of hydrogen-bond donors (Lipinski definition) is 0.